The van der Waals surface area contributed by atoms with E-state index in [1.54, 1.807) is 26.5 Å². The van der Waals surface area contributed by atoms with Crippen molar-refractivity contribution < 1.29 is 4.79 Å². The maximum Gasteiger partial charge on any atom is 0.327 e. The first-order chi connectivity index (χ1) is 6.15. The molecule has 1 N–H and O–H groups in total. The van der Waals surface area contributed by atoms with Gasteiger partial charge in [-0.1, -0.05) is 0 Å². The Morgan fingerprint density at radius 1 is 1.54 bits per heavy atom. The molecule has 0 radical (unpaired) electrons. The molecule has 5 nitrogen and oxygen atoms in total. The lowest BCUT2D eigenvalue weighted by atomic mass is 10.4. The van der Waals surface area contributed by atoms with Gasteiger partial charge in [0.2, 0.25) is 5.91 Å². The Morgan fingerprint density at radius 2 is 2.23 bits per heavy atom. The maximum atomic E-state index is 11.3. The number of rotatable bonds is 3. The quantitative estimate of drug-likeness (QED) is 0.675. The number of nitrogens with one attached hydrogen (secondary N) is 1. The highest BCUT2D eigenvalue weighted by molar-refractivity contribution is 5.75. The van der Waals surface area contributed by atoms with Gasteiger partial charge < -0.3 is 9.88 Å². The number of hydrogen-bond donors (Lipinski definition) is 1. The van der Waals surface area contributed by atoms with E-state index in [1.807, 2.05) is 0 Å². The largest absolute Gasteiger partial charge is 0.359 e. The van der Waals surface area contributed by atoms with Gasteiger partial charge in [0.15, 0.2) is 0 Å². The summed E-state index contributed by atoms with van der Waals surface area (Å²) in [6, 6.07) is 0. The predicted octanol–water partition coefficient (Wildman–Crippen LogP) is -0.677. The highest BCUT2D eigenvalue weighted by atomic mass is 16.2. The molecule has 0 unspecified atom stereocenters. The van der Waals surface area contributed by atoms with Crippen molar-refractivity contribution in [2.75, 3.05) is 7.05 Å². The van der Waals surface area contributed by atoms with Crippen molar-refractivity contribution >= 4 is 5.91 Å². The molecule has 1 aromatic rings. The Bertz CT molecular complexity index is 351. The zero-order valence-electron chi connectivity index (χ0n) is 7.78. The van der Waals surface area contributed by atoms with Crippen molar-refractivity contribution in [2.24, 2.45) is 7.05 Å². The van der Waals surface area contributed by atoms with E-state index in [4.69, 9.17) is 0 Å². The summed E-state index contributed by atoms with van der Waals surface area (Å²) in [4.78, 5) is 22.1. The van der Waals surface area contributed by atoms with Gasteiger partial charge in [0.25, 0.3) is 0 Å². The maximum absolute atomic E-state index is 11.3. The highest BCUT2D eigenvalue weighted by Gasteiger charge is 2.02. The first-order valence-electron chi connectivity index (χ1n) is 4.07. The van der Waals surface area contributed by atoms with Crippen molar-refractivity contribution in [3.63, 3.8) is 0 Å². The molecule has 1 heterocycles. The Kier molecular flexibility index (Phi) is 2.89. The monoisotopic (exact) mass is 183 g/mol. The van der Waals surface area contributed by atoms with Crippen molar-refractivity contribution in [3.8, 4) is 0 Å². The van der Waals surface area contributed by atoms with Gasteiger partial charge in [-0.15, -0.1) is 0 Å². The number of aryl methyl sites for hydroxylation is 2. The summed E-state index contributed by atoms with van der Waals surface area (Å²) in [5.41, 5.74) is -0.0936. The number of carbonyl (C=O) groups excluding carboxylic acids is 1. The van der Waals surface area contributed by atoms with Crippen molar-refractivity contribution in [2.45, 2.75) is 13.0 Å². The van der Waals surface area contributed by atoms with Gasteiger partial charge >= 0.3 is 5.69 Å². The van der Waals surface area contributed by atoms with E-state index >= 15 is 0 Å². The van der Waals surface area contributed by atoms with Crippen LogP contribution in [-0.4, -0.2) is 22.1 Å². The molecule has 0 bridgehead atoms. The summed E-state index contributed by atoms with van der Waals surface area (Å²) in [5.74, 6) is -0.0595. The Hall–Kier alpha value is -1.52. The number of imidazole rings is 1. The lowest BCUT2D eigenvalue weighted by Gasteiger charge is -1.99. The second-order valence-electron chi connectivity index (χ2n) is 2.81. The fourth-order valence-corrected chi connectivity index (χ4v) is 1.03. The molecular formula is C8H13N3O2. The minimum atomic E-state index is -0.0936. The molecule has 0 atom stereocenters. The van der Waals surface area contributed by atoms with Crippen LogP contribution < -0.4 is 11.0 Å². The summed E-state index contributed by atoms with van der Waals surface area (Å²) < 4.78 is 2.99. The summed E-state index contributed by atoms with van der Waals surface area (Å²) in [7, 11) is 3.26. The molecule has 0 aliphatic rings. The van der Waals surface area contributed by atoms with Crippen molar-refractivity contribution in [3.05, 3.63) is 22.9 Å². The number of aromatic nitrogens is 2. The van der Waals surface area contributed by atoms with E-state index in [1.165, 1.54) is 9.13 Å². The van der Waals surface area contributed by atoms with Crippen LogP contribution in [0.5, 0.6) is 0 Å². The van der Waals surface area contributed by atoms with Crippen LogP contribution in [0.25, 0.3) is 0 Å². The van der Waals surface area contributed by atoms with Crippen LogP contribution >= 0.6 is 0 Å². The molecule has 0 aliphatic heterocycles. The lowest BCUT2D eigenvalue weighted by molar-refractivity contribution is -0.120. The van der Waals surface area contributed by atoms with Crippen LogP contribution in [0.1, 0.15) is 6.42 Å². The molecule has 0 saturated heterocycles. The van der Waals surface area contributed by atoms with Gasteiger partial charge in [0.05, 0.1) is 0 Å². The van der Waals surface area contributed by atoms with Crippen LogP contribution in [0.3, 0.4) is 0 Å². The average Bonchev–Trinajstić information content (AvgIpc) is 2.44. The van der Waals surface area contributed by atoms with Gasteiger partial charge in [0.1, 0.15) is 0 Å². The zero-order valence-corrected chi connectivity index (χ0v) is 7.78. The molecule has 0 saturated carbocycles. The van der Waals surface area contributed by atoms with E-state index < -0.39 is 0 Å². The molecule has 0 aromatic carbocycles. The molecule has 1 rings (SSSR count). The lowest BCUT2D eigenvalue weighted by Crippen LogP contribution is -2.25. The molecular weight excluding hydrogens is 170 g/mol. The van der Waals surface area contributed by atoms with Gasteiger partial charge in [-0.2, -0.15) is 0 Å². The summed E-state index contributed by atoms with van der Waals surface area (Å²) >= 11 is 0. The van der Waals surface area contributed by atoms with Crippen LogP contribution in [-0.2, 0) is 18.4 Å². The third-order valence-electron chi connectivity index (χ3n) is 1.88. The zero-order chi connectivity index (χ0) is 9.84. The van der Waals surface area contributed by atoms with Gasteiger partial charge in [-0.05, 0) is 0 Å². The van der Waals surface area contributed by atoms with Gasteiger partial charge in [-0.3, -0.25) is 9.36 Å². The molecule has 13 heavy (non-hydrogen) atoms. The summed E-state index contributed by atoms with van der Waals surface area (Å²) in [6.45, 7) is 0.430. The molecule has 72 valence electrons. The van der Waals surface area contributed by atoms with E-state index in [2.05, 4.69) is 5.32 Å². The van der Waals surface area contributed by atoms with Crippen LogP contribution in [0, 0.1) is 0 Å². The van der Waals surface area contributed by atoms with Crippen LogP contribution in [0.15, 0.2) is 17.2 Å². The second-order valence-corrected chi connectivity index (χ2v) is 2.81. The number of carbonyl (C=O) groups is 1. The van der Waals surface area contributed by atoms with Crippen molar-refractivity contribution in [1.29, 1.82) is 0 Å². The fourth-order valence-electron chi connectivity index (χ4n) is 1.03. The number of nitrogens with zero attached hydrogens (tertiary/aromatic N) is 2. The highest BCUT2D eigenvalue weighted by Crippen LogP contribution is 1.87. The predicted molar refractivity (Wildman–Crippen MR) is 48.4 cm³/mol. The second kappa shape index (κ2) is 3.93. The first kappa shape index (κ1) is 9.57. The Morgan fingerprint density at radius 3 is 2.69 bits per heavy atom. The van der Waals surface area contributed by atoms with Crippen LogP contribution in [0.4, 0.5) is 0 Å². The Balaban J connectivity index is 2.60. The third kappa shape index (κ3) is 2.21. The Labute approximate surface area is 76.0 Å². The first-order valence-corrected chi connectivity index (χ1v) is 4.07. The van der Waals surface area contributed by atoms with Crippen molar-refractivity contribution in [1.82, 2.24) is 14.5 Å². The van der Waals surface area contributed by atoms with Crippen LogP contribution in [0.2, 0.25) is 0 Å². The van der Waals surface area contributed by atoms with E-state index in [-0.39, 0.29) is 11.6 Å². The minimum Gasteiger partial charge on any atom is -0.359 e. The van der Waals surface area contributed by atoms with E-state index in [0.29, 0.717) is 13.0 Å². The smallest absolute Gasteiger partial charge is 0.327 e. The average molecular weight is 183 g/mol. The number of hydrogen-bond acceptors (Lipinski definition) is 2. The van der Waals surface area contributed by atoms with E-state index in [0.717, 1.165) is 0 Å². The molecule has 0 fully saturated rings. The SMILES string of the molecule is CNC(=O)CCn1ccn(C)c1=O. The fraction of sp³-hybridized carbons (Fsp3) is 0.500. The normalized spacial score (nSPS) is 10.0. The van der Waals surface area contributed by atoms with E-state index in [9.17, 15) is 9.59 Å². The topological polar surface area (TPSA) is 56.0 Å². The van der Waals surface area contributed by atoms with Gasteiger partial charge in [0, 0.05) is 39.5 Å². The van der Waals surface area contributed by atoms with Gasteiger partial charge in [-0.25, -0.2) is 4.79 Å². The molecule has 0 aliphatic carbocycles. The molecule has 1 aromatic heterocycles. The standard InChI is InChI=1S/C8H13N3O2/c1-9-7(12)3-4-11-6-5-10(2)8(11)13/h5-6H,3-4H2,1-2H3,(H,9,12). The number of amides is 1. The third-order valence-corrected chi connectivity index (χ3v) is 1.88. The summed E-state index contributed by atoms with van der Waals surface area (Å²) in [6.07, 6.45) is 3.68. The molecule has 1 amide bonds. The minimum absolute atomic E-state index is 0.0595. The summed E-state index contributed by atoms with van der Waals surface area (Å²) in [5, 5.41) is 2.50. The molecule has 0 spiro atoms. The molecule has 5 heteroatoms.